The molecule has 0 aliphatic carbocycles. The number of aryl methyl sites for hydroxylation is 2. The average molecular weight is 663 g/mol. The summed E-state index contributed by atoms with van der Waals surface area (Å²) in [6.07, 6.45) is 2.12. The van der Waals surface area contributed by atoms with Crippen molar-refractivity contribution in [3.8, 4) is 5.75 Å². The topological polar surface area (TPSA) is 265 Å². The number of rotatable bonds is 19. The minimum absolute atomic E-state index is 0.0433. The molecule has 0 spiro atoms. The molecule has 4 amide bonds. The minimum Gasteiger partial charge on any atom is -0.508 e. The molecule has 0 heterocycles. The smallest absolute Gasteiger partial charge is 0.243 e. The molecular weight excluding hydrogens is 612 g/mol. The number of hydrogen-bond acceptors (Lipinski definition) is 8. The van der Waals surface area contributed by atoms with E-state index in [-0.39, 0.29) is 37.4 Å². The molecule has 0 saturated carbocycles. The first-order valence-corrected chi connectivity index (χ1v) is 16.1. The Morgan fingerprint density at radius 1 is 0.938 bits per heavy atom. The Balaban J connectivity index is 2.41. The van der Waals surface area contributed by atoms with Gasteiger partial charge in [0.2, 0.25) is 23.6 Å². The van der Waals surface area contributed by atoms with Crippen molar-refractivity contribution in [2.75, 3.05) is 13.1 Å². The Morgan fingerprint density at radius 3 is 2.12 bits per heavy atom. The predicted molar refractivity (Wildman–Crippen MR) is 191 cm³/mol. The molecule has 0 aliphatic heterocycles. The molecule has 14 N–H and O–H groups in total. The number of hydrogen-bond donors (Lipinski definition) is 10. The SMILES string of the molecule is B[C@@](Cc1ccccc1)(NC(=O)[C@](B)(CCCCN)NC(=O)[C@H](Cc1c(C)cc(O)cc1C)NC(=O)[C@H](N)CCCNC(=N)N)C(N)=O. The van der Waals surface area contributed by atoms with Crippen molar-refractivity contribution >= 4 is 45.3 Å². The molecule has 4 atom stereocenters. The summed E-state index contributed by atoms with van der Waals surface area (Å²) >= 11 is 0. The van der Waals surface area contributed by atoms with Gasteiger partial charge < -0.3 is 49.3 Å². The van der Waals surface area contributed by atoms with E-state index in [9.17, 15) is 24.3 Å². The van der Waals surface area contributed by atoms with Gasteiger partial charge in [0.1, 0.15) is 27.5 Å². The van der Waals surface area contributed by atoms with Crippen LogP contribution in [0.3, 0.4) is 0 Å². The number of amides is 4. The Kier molecular flexibility index (Phi) is 14.9. The molecule has 0 saturated heterocycles. The third kappa shape index (κ3) is 11.9. The summed E-state index contributed by atoms with van der Waals surface area (Å²) in [5.41, 5.74) is 22.9. The summed E-state index contributed by atoms with van der Waals surface area (Å²) in [7, 11) is 3.10. The van der Waals surface area contributed by atoms with Crippen LogP contribution in [0.5, 0.6) is 5.75 Å². The van der Waals surface area contributed by atoms with E-state index in [1.807, 2.05) is 30.3 Å². The lowest BCUT2D eigenvalue weighted by atomic mass is 9.68. The van der Waals surface area contributed by atoms with Gasteiger partial charge in [-0.3, -0.25) is 24.6 Å². The summed E-state index contributed by atoms with van der Waals surface area (Å²) in [6, 6.07) is 10.1. The van der Waals surface area contributed by atoms with E-state index in [1.54, 1.807) is 33.8 Å². The van der Waals surface area contributed by atoms with Crippen LogP contribution < -0.4 is 44.2 Å². The van der Waals surface area contributed by atoms with Crippen molar-refractivity contribution in [3.63, 3.8) is 0 Å². The molecule has 0 unspecified atom stereocenters. The van der Waals surface area contributed by atoms with Crippen LogP contribution in [0.4, 0.5) is 0 Å². The van der Waals surface area contributed by atoms with E-state index >= 15 is 0 Å². The van der Waals surface area contributed by atoms with Gasteiger partial charge in [-0.05, 0) is 86.9 Å². The lowest BCUT2D eigenvalue weighted by molar-refractivity contribution is -0.135. The van der Waals surface area contributed by atoms with E-state index in [0.29, 0.717) is 43.5 Å². The second kappa shape index (κ2) is 18.1. The number of aromatic hydroxyl groups is 1. The fraction of sp³-hybridized carbons (Fsp3) is 0.469. The summed E-state index contributed by atoms with van der Waals surface area (Å²) in [5.74, 6) is -2.72. The van der Waals surface area contributed by atoms with Gasteiger partial charge in [0.25, 0.3) is 0 Å². The van der Waals surface area contributed by atoms with Gasteiger partial charge in [0.05, 0.1) is 16.9 Å². The van der Waals surface area contributed by atoms with Gasteiger partial charge in [-0.15, -0.1) is 0 Å². The highest BCUT2D eigenvalue weighted by Crippen LogP contribution is 2.23. The van der Waals surface area contributed by atoms with Crippen LogP contribution in [0.2, 0.25) is 0 Å². The lowest BCUT2D eigenvalue weighted by Gasteiger charge is -2.37. The fourth-order valence-electron chi connectivity index (χ4n) is 5.46. The number of guanidine groups is 1. The first kappa shape index (κ1) is 39.6. The Hall–Kier alpha value is -4.56. The normalized spacial score (nSPS) is 14.8. The molecule has 2 aromatic carbocycles. The highest BCUT2D eigenvalue weighted by Gasteiger charge is 2.42. The van der Waals surface area contributed by atoms with Crippen LogP contribution in [-0.2, 0) is 32.0 Å². The number of nitrogens with one attached hydrogen (secondary N) is 5. The van der Waals surface area contributed by atoms with E-state index in [2.05, 4.69) is 21.3 Å². The summed E-state index contributed by atoms with van der Waals surface area (Å²) in [6.45, 7) is 4.29. The quantitative estimate of drug-likeness (QED) is 0.0326. The number of unbranched alkanes of at least 4 members (excludes halogenated alkanes) is 1. The van der Waals surface area contributed by atoms with Crippen molar-refractivity contribution in [2.24, 2.45) is 22.9 Å². The summed E-state index contributed by atoms with van der Waals surface area (Å²) in [5, 5.41) is 28.4. The Morgan fingerprint density at radius 2 is 1.56 bits per heavy atom. The number of benzene rings is 2. The second-order valence-corrected chi connectivity index (χ2v) is 12.8. The van der Waals surface area contributed by atoms with E-state index in [0.717, 1.165) is 11.1 Å². The Bertz CT molecular complexity index is 1430. The third-order valence-electron chi connectivity index (χ3n) is 8.43. The first-order valence-electron chi connectivity index (χ1n) is 16.1. The molecule has 0 bridgehead atoms. The maximum absolute atomic E-state index is 14.1. The first-order chi connectivity index (χ1) is 22.5. The largest absolute Gasteiger partial charge is 0.508 e. The number of phenols is 1. The molecule has 0 aromatic heterocycles. The van der Waals surface area contributed by atoms with Crippen molar-refractivity contribution in [2.45, 2.75) is 81.8 Å². The van der Waals surface area contributed by atoms with Crippen LogP contribution in [0, 0.1) is 19.3 Å². The number of carbonyl (C=O) groups excluding carboxylic acids is 4. The molecular formula is C32H51B2N9O5. The number of phenolic OH excluding ortho intramolecular Hbond substituents is 1. The zero-order valence-electron chi connectivity index (χ0n) is 28.4. The molecule has 2 rings (SSSR count). The lowest BCUT2D eigenvalue weighted by Crippen LogP contribution is -2.69. The molecule has 260 valence electrons. The van der Waals surface area contributed by atoms with Gasteiger partial charge in [-0.2, -0.15) is 0 Å². The maximum Gasteiger partial charge on any atom is 0.243 e. The number of carbonyl (C=O) groups is 4. The summed E-state index contributed by atoms with van der Waals surface area (Å²) < 4.78 is 0. The second-order valence-electron chi connectivity index (χ2n) is 12.8. The van der Waals surface area contributed by atoms with Gasteiger partial charge in [-0.1, -0.05) is 36.8 Å². The Labute approximate surface area is 284 Å². The van der Waals surface area contributed by atoms with Gasteiger partial charge in [0, 0.05) is 13.0 Å². The average Bonchev–Trinajstić information content (AvgIpc) is 3.00. The molecule has 2 aromatic rings. The zero-order valence-corrected chi connectivity index (χ0v) is 28.4. The van der Waals surface area contributed by atoms with Gasteiger partial charge in [-0.25, -0.2) is 0 Å². The highest BCUT2D eigenvalue weighted by atomic mass is 16.3. The van der Waals surface area contributed by atoms with Gasteiger partial charge >= 0.3 is 0 Å². The standard InChI is InChI=1S/C32H51B2N9O5/c1-19-15-22(44)16-20(2)23(19)17-25(41-26(45)24(36)11-8-14-40-30(38)39)27(46)42-31(33,12-6-7-13-35)29(48)43-32(34,28(37)47)18-21-9-4-3-5-10-21/h3-5,9-10,15-16,24-25,44H,6-8,11-14,17-18,33-36H2,1-2H3,(H2,37,47)(H,41,45)(H,42,46)(H,43,48)(H4,38,39,40)/t24-,25+,31+,32+/m1/s1. The van der Waals surface area contributed by atoms with Crippen molar-refractivity contribution in [1.29, 1.82) is 5.41 Å². The van der Waals surface area contributed by atoms with Gasteiger partial charge in [0.15, 0.2) is 5.96 Å². The van der Waals surface area contributed by atoms with E-state index < -0.39 is 46.6 Å². The molecule has 14 nitrogen and oxygen atoms in total. The number of nitrogens with two attached hydrogens (primary N) is 4. The minimum atomic E-state index is -1.53. The highest BCUT2D eigenvalue weighted by molar-refractivity contribution is 6.33. The fourth-order valence-corrected chi connectivity index (χ4v) is 5.46. The molecule has 16 heteroatoms. The van der Waals surface area contributed by atoms with Crippen molar-refractivity contribution in [1.82, 2.24) is 21.3 Å². The van der Waals surface area contributed by atoms with Crippen LogP contribution in [-0.4, -0.2) is 86.4 Å². The van der Waals surface area contributed by atoms with Crippen molar-refractivity contribution < 1.29 is 24.3 Å². The van der Waals surface area contributed by atoms with Crippen molar-refractivity contribution in [3.05, 3.63) is 64.7 Å². The molecule has 0 aliphatic rings. The molecule has 0 fully saturated rings. The van der Waals surface area contributed by atoms with Crippen LogP contribution in [0.25, 0.3) is 0 Å². The van der Waals surface area contributed by atoms with E-state index in [4.69, 9.17) is 28.3 Å². The van der Waals surface area contributed by atoms with Crippen LogP contribution in [0.1, 0.15) is 54.4 Å². The number of primary amides is 1. The molecule has 48 heavy (non-hydrogen) atoms. The third-order valence-corrected chi connectivity index (χ3v) is 8.43. The molecule has 0 radical (unpaired) electrons. The van der Waals surface area contributed by atoms with Crippen LogP contribution in [0.15, 0.2) is 42.5 Å². The maximum atomic E-state index is 14.1. The predicted octanol–water partition coefficient (Wildman–Crippen LogP) is -2.62. The summed E-state index contributed by atoms with van der Waals surface area (Å²) in [4.78, 5) is 54.1. The van der Waals surface area contributed by atoms with E-state index in [1.165, 1.54) is 7.85 Å². The van der Waals surface area contributed by atoms with Crippen LogP contribution >= 0.6 is 0 Å². The zero-order chi connectivity index (χ0) is 36.1. The monoisotopic (exact) mass is 663 g/mol.